The Balaban J connectivity index is 2.17. The minimum Gasteiger partial charge on any atom is -0.350 e. The molecule has 1 unspecified atom stereocenters. The maximum Gasteiger partial charge on any atom is 0.251 e. The number of carbonyl (C=O) groups is 2. The molecule has 0 heterocycles. The van der Waals surface area contributed by atoms with E-state index in [4.69, 9.17) is 16.9 Å². The lowest BCUT2D eigenvalue weighted by Gasteiger charge is -2.17. The summed E-state index contributed by atoms with van der Waals surface area (Å²) in [6, 6.07) is 16.1. The van der Waals surface area contributed by atoms with E-state index in [1.54, 1.807) is 60.7 Å². The number of hydrogen-bond donors (Lipinski definition) is 2. The molecule has 2 aromatic carbocycles. The number of sulfone groups is 1. The normalized spacial score (nSPS) is 11.9. The molecular weight excluding hydrogens is 402 g/mol. The van der Waals surface area contributed by atoms with Crippen LogP contribution in [0.2, 0.25) is 5.02 Å². The van der Waals surface area contributed by atoms with Crippen LogP contribution >= 0.6 is 11.6 Å². The SMILES string of the molecule is N#CCNC(=O)C(CNC(=O)c1ccccc1)S(=O)(=O)Cc1ccc(Cl)cc1. The third kappa shape index (κ3) is 6.08. The molecule has 2 amide bonds. The number of carbonyl (C=O) groups excluding carboxylic acids is 2. The molecule has 0 spiro atoms. The lowest BCUT2D eigenvalue weighted by molar-refractivity contribution is -0.120. The zero-order valence-electron chi connectivity index (χ0n) is 14.8. The van der Waals surface area contributed by atoms with Crippen LogP contribution in [0.3, 0.4) is 0 Å². The summed E-state index contributed by atoms with van der Waals surface area (Å²) >= 11 is 5.80. The van der Waals surface area contributed by atoms with Crippen molar-refractivity contribution in [1.82, 2.24) is 10.6 Å². The van der Waals surface area contributed by atoms with Crippen LogP contribution in [0.25, 0.3) is 0 Å². The summed E-state index contributed by atoms with van der Waals surface area (Å²) in [4.78, 5) is 24.5. The van der Waals surface area contributed by atoms with Crippen molar-refractivity contribution in [2.24, 2.45) is 0 Å². The van der Waals surface area contributed by atoms with E-state index in [1.165, 1.54) is 0 Å². The smallest absolute Gasteiger partial charge is 0.251 e. The van der Waals surface area contributed by atoms with Gasteiger partial charge in [0.05, 0.1) is 11.8 Å². The van der Waals surface area contributed by atoms with Crippen molar-refractivity contribution in [3.63, 3.8) is 0 Å². The Morgan fingerprint density at radius 3 is 2.29 bits per heavy atom. The van der Waals surface area contributed by atoms with Crippen LogP contribution in [-0.2, 0) is 20.4 Å². The highest BCUT2D eigenvalue weighted by Gasteiger charge is 2.33. The summed E-state index contributed by atoms with van der Waals surface area (Å²) in [6.07, 6.45) is 0. The molecule has 9 heteroatoms. The summed E-state index contributed by atoms with van der Waals surface area (Å²) in [5.74, 6) is -1.75. The standard InChI is InChI=1S/C19H18ClN3O4S/c20-16-8-6-14(7-9-16)13-28(26,27)17(19(25)22-11-10-21)12-23-18(24)15-4-2-1-3-5-15/h1-9,17H,11-13H2,(H,22,25)(H,23,24). The molecule has 0 saturated carbocycles. The number of benzene rings is 2. The fraction of sp³-hybridized carbons (Fsp3) is 0.211. The molecule has 0 aliphatic carbocycles. The highest BCUT2D eigenvalue weighted by Crippen LogP contribution is 2.15. The van der Waals surface area contributed by atoms with E-state index < -0.39 is 39.2 Å². The van der Waals surface area contributed by atoms with Crippen molar-refractivity contribution in [2.75, 3.05) is 13.1 Å². The van der Waals surface area contributed by atoms with Gasteiger partial charge < -0.3 is 10.6 Å². The van der Waals surface area contributed by atoms with Gasteiger partial charge in [0.1, 0.15) is 6.54 Å². The van der Waals surface area contributed by atoms with Gasteiger partial charge in [-0.3, -0.25) is 9.59 Å². The average Bonchev–Trinajstić information content (AvgIpc) is 2.68. The summed E-state index contributed by atoms with van der Waals surface area (Å²) in [6.45, 7) is -0.751. The monoisotopic (exact) mass is 419 g/mol. The molecular formula is C19H18ClN3O4S. The van der Waals surface area contributed by atoms with Crippen LogP contribution in [0, 0.1) is 11.3 Å². The highest BCUT2D eigenvalue weighted by molar-refractivity contribution is 7.92. The van der Waals surface area contributed by atoms with Crippen molar-refractivity contribution in [3.8, 4) is 6.07 Å². The molecule has 28 heavy (non-hydrogen) atoms. The first-order chi connectivity index (χ1) is 13.3. The maximum absolute atomic E-state index is 12.8. The lowest BCUT2D eigenvalue weighted by atomic mass is 10.2. The fourth-order valence-electron chi connectivity index (χ4n) is 2.41. The summed E-state index contributed by atoms with van der Waals surface area (Å²) in [7, 11) is -3.98. The molecule has 146 valence electrons. The Morgan fingerprint density at radius 2 is 1.68 bits per heavy atom. The van der Waals surface area contributed by atoms with Crippen molar-refractivity contribution in [1.29, 1.82) is 5.26 Å². The minimum absolute atomic E-state index is 0.335. The quantitative estimate of drug-likeness (QED) is 0.631. The van der Waals surface area contributed by atoms with Gasteiger partial charge in [0.25, 0.3) is 5.91 Å². The first-order valence-electron chi connectivity index (χ1n) is 8.27. The zero-order valence-corrected chi connectivity index (χ0v) is 16.3. The van der Waals surface area contributed by atoms with Crippen LogP contribution in [0.1, 0.15) is 15.9 Å². The Hall–Kier alpha value is -2.89. The van der Waals surface area contributed by atoms with Crippen molar-refractivity contribution >= 4 is 33.3 Å². The average molecular weight is 420 g/mol. The lowest BCUT2D eigenvalue weighted by Crippen LogP contribution is -2.47. The predicted octanol–water partition coefficient (Wildman–Crippen LogP) is 1.69. The van der Waals surface area contributed by atoms with Gasteiger partial charge in [0.2, 0.25) is 5.91 Å². The van der Waals surface area contributed by atoms with Gasteiger partial charge in [-0.2, -0.15) is 5.26 Å². The Labute approximate surface area is 168 Å². The molecule has 0 aliphatic heterocycles. The predicted molar refractivity (Wildman–Crippen MR) is 105 cm³/mol. The topological polar surface area (TPSA) is 116 Å². The van der Waals surface area contributed by atoms with Crippen LogP contribution in [-0.4, -0.2) is 38.6 Å². The van der Waals surface area contributed by atoms with E-state index in [2.05, 4.69) is 10.6 Å². The molecule has 0 aliphatic rings. The second kappa shape index (κ2) is 9.88. The molecule has 2 aromatic rings. The second-order valence-corrected chi connectivity index (χ2v) is 8.49. The number of amides is 2. The molecule has 2 N–H and O–H groups in total. The molecule has 0 radical (unpaired) electrons. The first-order valence-corrected chi connectivity index (χ1v) is 10.4. The van der Waals surface area contributed by atoms with Gasteiger partial charge in [-0.25, -0.2) is 8.42 Å². The number of nitriles is 1. The van der Waals surface area contributed by atoms with Crippen LogP contribution < -0.4 is 10.6 Å². The number of hydrogen-bond acceptors (Lipinski definition) is 5. The zero-order chi connectivity index (χ0) is 20.6. The number of nitrogens with one attached hydrogen (secondary N) is 2. The van der Waals surface area contributed by atoms with Crippen LogP contribution in [0.5, 0.6) is 0 Å². The largest absolute Gasteiger partial charge is 0.350 e. The first kappa shape index (κ1) is 21.4. The van der Waals surface area contributed by atoms with Crippen LogP contribution in [0.15, 0.2) is 54.6 Å². The van der Waals surface area contributed by atoms with E-state index in [0.29, 0.717) is 16.1 Å². The molecule has 0 bridgehead atoms. The Kier molecular flexibility index (Phi) is 7.55. The molecule has 2 rings (SSSR count). The van der Waals surface area contributed by atoms with Gasteiger partial charge in [0.15, 0.2) is 15.1 Å². The van der Waals surface area contributed by atoms with Crippen molar-refractivity contribution in [3.05, 3.63) is 70.7 Å². The summed E-state index contributed by atoms with van der Waals surface area (Å²) in [5, 5.41) is 12.3. The molecule has 0 saturated heterocycles. The summed E-state index contributed by atoms with van der Waals surface area (Å²) in [5.41, 5.74) is 0.797. The highest BCUT2D eigenvalue weighted by atomic mass is 35.5. The van der Waals surface area contributed by atoms with Gasteiger partial charge in [-0.15, -0.1) is 0 Å². The van der Waals surface area contributed by atoms with E-state index in [-0.39, 0.29) is 6.54 Å². The number of halogens is 1. The van der Waals surface area contributed by atoms with E-state index >= 15 is 0 Å². The third-order valence-corrected chi connectivity index (χ3v) is 6.07. The maximum atomic E-state index is 12.8. The van der Waals surface area contributed by atoms with E-state index in [0.717, 1.165) is 0 Å². The molecule has 0 aromatic heterocycles. The van der Waals surface area contributed by atoms with E-state index in [1.807, 2.05) is 0 Å². The Bertz CT molecular complexity index is 970. The van der Waals surface area contributed by atoms with Crippen molar-refractivity contribution < 1.29 is 18.0 Å². The van der Waals surface area contributed by atoms with Crippen LogP contribution in [0.4, 0.5) is 0 Å². The molecule has 0 fully saturated rings. The van der Waals surface area contributed by atoms with E-state index in [9.17, 15) is 18.0 Å². The third-order valence-electron chi connectivity index (χ3n) is 3.83. The second-order valence-electron chi connectivity index (χ2n) is 5.87. The fourth-order valence-corrected chi connectivity index (χ4v) is 4.14. The van der Waals surface area contributed by atoms with Gasteiger partial charge in [0, 0.05) is 17.1 Å². The molecule has 1 atom stereocenters. The van der Waals surface area contributed by atoms with Gasteiger partial charge >= 0.3 is 0 Å². The van der Waals surface area contributed by atoms with Gasteiger partial charge in [-0.1, -0.05) is 41.9 Å². The minimum atomic E-state index is -3.98. The van der Waals surface area contributed by atoms with Crippen molar-refractivity contribution in [2.45, 2.75) is 11.0 Å². The molecule has 7 nitrogen and oxygen atoms in total. The summed E-state index contributed by atoms with van der Waals surface area (Å²) < 4.78 is 25.6. The van der Waals surface area contributed by atoms with Gasteiger partial charge in [-0.05, 0) is 29.8 Å². The Morgan fingerprint density at radius 1 is 1.04 bits per heavy atom. The number of nitrogens with zero attached hydrogens (tertiary/aromatic N) is 1. The number of rotatable bonds is 8.